The summed E-state index contributed by atoms with van der Waals surface area (Å²) in [6, 6.07) is 21.5. The summed E-state index contributed by atoms with van der Waals surface area (Å²) in [7, 11) is 0. The molecule has 7 nitrogen and oxygen atoms in total. The first-order chi connectivity index (χ1) is 20.1. The second-order valence-electron chi connectivity index (χ2n) is 8.67. The van der Waals surface area contributed by atoms with Crippen molar-refractivity contribution in [2.24, 2.45) is 0 Å². The first-order valence-electron chi connectivity index (χ1n) is 12.3. The molecule has 0 saturated heterocycles. The molecule has 0 aliphatic heterocycles. The van der Waals surface area contributed by atoms with Crippen molar-refractivity contribution in [2.75, 3.05) is 16.4 Å². The fourth-order valence-electron chi connectivity index (χ4n) is 3.60. The fraction of sp³-hybridized carbons (Fsp3) is 0.0667. The van der Waals surface area contributed by atoms with Crippen molar-refractivity contribution >= 4 is 58.5 Å². The maximum atomic E-state index is 13.3. The van der Waals surface area contributed by atoms with Crippen molar-refractivity contribution in [3.05, 3.63) is 125 Å². The largest absolute Gasteiger partial charge is 0.418 e. The van der Waals surface area contributed by atoms with E-state index in [0.717, 1.165) is 23.9 Å². The maximum Gasteiger partial charge on any atom is 0.418 e. The van der Waals surface area contributed by atoms with Crippen molar-refractivity contribution in [1.82, 2.24) is 10.3 Å². The van der Waals surface area contributed by atoms with Gasteiger partial charge in [-0.1, -0.05) is 35.9 Å². The van der Waals surface area contributed by atoms with Crippen molar-refractivity contribution in [3.8, 4) is 0 Å². The second kappa shape index (κ2) is 13.8. The molecule has 3 aromatic carbocycles. The molecule has 0 radical (unpaired) electrons. The van der Waals surface area contributed by atoms with Crippen molar-refractivity contribution < 1.29 is 27.6 Å². The Morgan fingerprint density at radius 2 is 1.64 bits per heavy atom. The number of thioether (sulfide) groups is 1. The number of nitrogens with one attached hydrogen (secondary N) is 3. The van der Waals surface area contributed by atoms with Crippen LogP contribution < -0.4 is 16.0 Å². The first-order valence-corrected chi connectivity index (χ1v) is 13.6. The molecule has 0 bridgehead atoms. The average Bonchev–Trinajstić information content (AvgIpc) is 2.98. The van der Waals surface area contributed by atoms with Gasteiger partial charge in [0.2, 0.25) is 5.91 Å². The number of rotatable bonds is 9. The number of aromatic nitrogens is 1. The molecule has 0 unspecified atom stereocenters. The molecule has 3 N–H and O–H groups in total. The van der Waals surface area contributed by atoms with Crippen LogP contribution in [0.4, 0.5) is 24.5 Å². The monoisotopic (exact) mass is 610 g/mol. The second-order valence-corrected chi connectivity index (χ2v) is 10.2. The maximum absolute atomic E-state index is 13.3. The highest BCUT2D eigenvalue weighted by Crippen LogP contribution is 2.36. The number of halogens is 4. The lowest BCUT2D eigenvalue weighted by molar-refractivity contribution is -0.137. The van der Waals surface area contributed by atoms with Gasteiger partial charge >= 0.3 is 6.18 Å². The minimum Gasteiger partial charge on any atom is -0.325 e. The number of amides is 3. The minimum absolute atomic E-state index is 0.00704. The van der Waals surface area contributed by atoms with Crippen LogP contribution in [0, 0.1) is 0 Å². The summed E-state index contributed by atoms with van der Waals surface area (Å²) in [6.07, 6.45) is -0.0590. The number of hydrogen-bond donors (Lipinski definition) is 3. The SMILES string of the molecule is O=C(CSc1ccc(NC(=O)/C(=C/c2cccnc2)NC(=O)c2ccccc2)cc1)Nc1ccc(Cl)cc1C(F)(F)F. The van der Waals surface area contributed by atoms with Crippen LogP contribution >= 0.6 is 23.4 Å². The molecule has 0 aliphatic carbocycles. The Morgan fingerprint density at radius 3 is 2.31 bits per heavy atom. The van der Waals surface area contributed by atoms with E-state index >= 15 is 0 Å². The third-order valence-electron chi connectivity index (χ3n) is 5.57. The normalized spacial score (nSPS) is 11.5. The molecule has 214 valence electrons. The third kappa shape index (κ3) is 8.69. The van der Waals surface area contributed by atoms with Crippen LogP contribution in [0.3, 0.4) is 0 Å². The Labute approximate surface area is 248 Å². The lowest BCUT2D eigenvalue weighted by Gasteiger charge is -2.14. The molecule has 0 fully saturated rings. The van der Waals surface area contributed by atoms with E-state index in [4.69, 9.17) is 11.6 Å². The predicted octanol–water partition coefficient (Wildman–Crippen LogP) is 6.89. The van der Waals surface area contributed by atoms with E-state index in [2.05, 4.69) is 20.9 Å². The third-order valence-corrected chi connectivity index (χ3v) is 6.81. The lowest BCUT2D eigenvalue weighted by Crippen LogP contribution is -2.30. The van der Waals surface area contributed by atoms with Gasteiger partial charge in [0.25, 0.3) is 11.8 Å². The molecule has 42 heavy (non-hydrogen) atoms. The number of nitrogens with zero attached hydrogens (tertiary/aromatic N) is 1. The van der Waals surface area contributed by atoms with E-state index in [0.29, 0.717) is 21.7 Å². The van der Waals surface area contributed by atoms with Crippen LogP contribution in [-0.2, 0) is 15.8 Å². The van der Waals surface area contributed by atoms with E-state index in [1.54, 1.807) is 79.1 Å². The van der Waals surface area contributed by atoms with Crippen molar-refractivity contribution in [3.63, 3.8) is 0 Å². The van der Waals surface area contributed by atoms with E-state index in [9.17, 15) is 27.6 Å². The Hall–Kier alpha value is -4.61. The predicted molar refractivity (Wildman–Crippen MR) is 157 cm³/mol. The highest BCUT2D eigenvalue weighted by molar-refractivity contribution is 8.00. The van der Waals surface area contributed by atoms with Crippen LogP contribution in [0.25, 0.3) is 6.08 Å². The Kier molecular flexibility index (Phi) is 10.00. The molecule has 0 spiro atoms. The van der Waals surface area contributed by atoms with Gasteiger partial charge in [-0.15, -0.1) is 11.8 Å². The van der Waals surface area contributed by atoms with Crippen LogP contribution in [0.5, 0.6) is 0 Å². The van der Waals surface area contributed by atoms with Gasteiger partial charge in [-0.2, -0.15) is 13.2 Å². The van der Waals surface area contributed by atoms with E-state index in [1.807, 2.05) is 0 Å². The number of carbonyl (C=O) groups is 3. The summed E-state index contributed by atoms with van der Waals surface area (Å²) in [5.74, 6) is -1.84. The van der Waals surface area contributed by atoms with Crippen LogP contribution in [0.1, 0.15) is 21.5 Å². The van der Waals surface area contributed by atoms with E-state index < -0.39 is 29.5 Å². The van der Waals surface area contributed by atoms with Gasteiger partial charge in [0.05, 0.1) is 17.0 Å². The van der Waals surface area contributed by atoms with Gasteiger partial charge in [-0.05, 0) is 72.3 Å². The van der Waals surface area contributed by atoms with Crippen LogP contribution in [-0.4, -0.2) is 28.5 Å². The summed E-state index contributed by atoms with van der Waals surface area (Å²) >= 11 is 6.78. The zero-order valence-electron chi connectivity index (χ0n) is 21.6. The van der Waals surface area contributed by atoms with Gasteiger partial charge < -0.3 is 16.0 Å². The number of pyridine rings is 1. The molecule has 4 aromatic rings. The van der Waals surface area contributed by atoms with Gasteiger partial charge in [-0.25, -0.2) is 0 Å². The lowest BCUT2D eigenvalue weighted by atomic mass is 10.1. The molecule has 1 aromatic heterocycles. The molecule has 3 amide bonds. The Balaban J connectivity index is 1.39. The minimum atomic E-state index is -4.68. The molecule has 12 heteroatoms. The highest BCUT2D eigenvalue weighted by Gasteiger charge is 2.34. The zero-order chi connectivity index (χ0) is 30.1. The molecule has 0 atom stereocenters. The average molecular weight is 611 g/mol. The van der Waals surface area contributed by atoms with Gasteiger partial charge in [0.15, 0.2) is 0 Å². The van der Waals surface area contributed by atoms with Crippen molar-refractivity contribution in [2.45, 2.75) is 11.1 Å². The molecule has 0 aliphatic rings. The van der Waals surface area contributed by atoms with E-state index in [-0.39, 0.29) is 22.2 Å². The molecule has 1 heterocycles. The summed E-state index contributed by atoms with van der Waals surface area (Å²) in [5.41, 5.74) is -0.0425. The Bertz CT molecular complexity index is 1600. The van der Waals surface area contributed by atoms with E-state index in [1.165, 1.54) is 12.1 Å². The molecule has 4 rings (SSSR count). The summed E-state index contributed by atoms with van der Waals surface area (Å²) in [5, 5.41) is 7.53. The molecule has 0 saturated carbocycles. The van der Waals surface area contributed by atoms with Gasteiger partial charge in [0, 0.05) is 33.6 Å². The Morgan fingerprint density at radius 1 is 0.905 bits per heavy atom. The highest BCUT2D eigenvalue weighted by atomic mass is 35.5. The standard InChI is InChI=1S/C30H22ClF3N4O3S/c31-21-8-13-25(24(16-21)30(32,33)34)37-27(39)18-42-23-11-9-22(10-12-23)36-29(41)26(15-19-5-4-14-35-17-19)38-28(40)20-6-2-1-3-7-20/h1-17H,18H2,(H,36,41)(H,37,39)(H,38,40)/b26-15-. The number of carbonyl (C=O) groups excluding carboxylic acids is 3. The van der Waals surface area contributed by atoms with Gasteiger partial charge in [0.1, 0.15) is 5.70 Å². The van der Waals surface area contributed by atoms with Crippen LogP contribution in [0.15, 0.2) is 108 Å². The summed E-state index contributed by atoms with van der Waals surface area (Å²) < 4.78 is 39.9. The quantitative estimate of drug-likeness (QED) is 0.141. The smallest absolute Gasteiger partial charge is 0.325 e. The molecular weight excluding hydrogens is 589 g/mol. The number of anilines is 2. The number of alkyl halides is 3. The number of hydrogen-bond acceptors (Lipinski definition) is 5. The first kappa shape index (κ1) is 30.4. The van der Waals surface area contributed by atoms with Gasteiger partial charge in [-0.3, -0.25) is 19.4 Å². The molecular formula is C30H22ClF3N4O3S. The topological polar surface area (TPSA) is 100 Å². The van der Waals surface area contributed by atoms with Crippen LogP contribution in [0.2, 0.25) is 5.02 Å². The zero-order valence-corrected chi connectivity index (χ0v) is 23.2. The van der Waals surface area contributed by atoms with Crippen molar-refractivity contribution in [1.29, 1.82) is 0 Å². The fourth-order valence-corrected chi connectivity index (χ4v) is 4.47. The summed E-state index contributed by atoms with van der Waals surface area (Å²) in [6.45, 7) is 0. The number of benzene rings is 3. The summed E-state index contributed by atoms with van der Waals surface area (Å²) in [4.78, 5) is 42.8.